The number of ether oxygens (including phenoxy) is 1. The number of hydrogen-bond donors (Lipinski definition) is 3. The first-order valence-corrected chi connectivity index (χ1v) is 11.2. The van der Waals surface area contributed by atoms with Crippen LogP contribution in [-0.4, -0.2) is 45.9 Å². The van der Waals surface area contributed by atoms with Gasteiger partial charge < -0.3 is 24.9 Å². The number of para-hydroxylation sites is 1. The van der Waals surface area contributed by atoms with E-state index < -0.39 is 0 Å². The molecule has 0 atom stereocenters. The monoisotopic (exact) mass is 573 g/mol. The first kappa shape index (κ1) is 25.5. The summed E-state index contributed by atoms with van der Waals surface area (Å²) in [5.74, 6) is 3.35. The standard InChI is InChI=1S/C25H31N7O.HI/c1-18-30-31-24(32(18)2)17-29-25(26-14-12-19-8-10-21(33-3)11-9-19)27-15-13-20-16-28-23-7-5-4-6-22(20)23;/h4-11,16,28H,12-15,17H2,1-3H3,(H2,26,27,29);1H. The van der Waals surface area contributed by atoms with Gasteiger partial charge in [0.25, 0.3) is 0 Å². The van der Waals surface area contributed by atoms with Crippen LogP contribution in [0.4, 0.5) is 0 Å². The summed E-state index contributed by atoms with van der Waals surface area (Å²) in [5, 5.41) is 16.5. The molecule has 4 rings (SSSR count). The molecule has 3 N–H and O–H groups in total. The lowest BCUT2D eigenvalue weighted by atomic mass is 10.1. The zero-order chi connectivity index (χ0) is 23.0. The highest BCUT2D eigenvalue weighted by molar-refractivity contribution is 14.0. The number of rotatable bonds is 9. The van der Waals surface area contributed by atoms with Gasteiger partial charge in [0, 0.05) is 37.2 Å². The van der Waals surface area contributed by atoms with Gasteiger partial charge in [0.1, 0.15) is 18.1 Å². The summed E-state index contributed by atoms with van der Waals surface area (Å²) in [6, 6.07) is 16.5. The van der Waals surface area contributed by atoms with Gasteiger partial charge in [-0.25, -0.2) is 4.99 Å². The fourth-order valence-electron chi connectivity index (χ4n) is 3.68. The van der Waals surface area contributed by atoms with E-state index in [2.05, 4.69) is 62.3 Å². The Morgan fingerprint density at radius 2 is 1.76 bits per heavy atom. The number of H-pyrrole nitrogens is 1. The number of aromatic nitrogens is 4. The molecule has 0 saturated heterocycles. The van der Waals surface area contributed by atoms with E-state index >= 15 is 0 Å². The van der Waals surface area contributed by atoms with Crippen LogP contribution in [0.3, 0.4) is 0 Å². The molecule has 0 amide bonds. The highest BCUT2D eigenvalue weighted by Gasteiger charge is 2.07. The van der Waals surface area contributed by atoms with Gasteiger partial charge in [0.15, 0.2) is 11.8 Å². The van der Waals surface area contributed by atoms with E-state index in [4.69, 9.17) is 9.73 Å². The summed E-state index contributed by atoms with van der Waals surface area (Å²) >= 11 is 0. The van der Waals surface area contributed by atoms with Crippen LogP contribution in [0, 0.1) is 6.92 Å². The number of methoxy groups -OCH3 is 1. The number of benzene rings is 2. The van der Waals surface area contributed by atoms with Gasteiger partial charge in [0.05, 0.1) is 7.11 Å². The van der Waals surface area contributed by atoms with Crippen molar-refractivity contribution in [2.75, 3.05) is 20.2 Å². The maximum absolute atomic E-state index is 5.24. The van der Waals surface area contributed by atoms with Crippen molar-refractivity contribution in [3.63, 3.8) is 0 Å². The molecule has 0 radical (unpaired) electrons. The summed E-state index contributed by atoms with van der Waals surface area (Å²) in [5.41, 5.74) is 3.70. The molecular formula is C25H32IN7O. The van der Waals surface area contributed by atoms with Crippen molar-refractivity contribution in [1.29, 1.82) is 0 Å². The van der Waals surface area contributed by atoms with E-state index in [0.29, 0.717) is 6.54 Å². The lowest BCUT2D eigenvalue weighted by Gasteiger charge is -2.13. The number of nitrogens with zero attached hydrogens (tertiary/aromatic N) is 4. The molecule has 0 fully saturated rings. The lowest BCUT2D eigenvalue weighted by molar-refractivity contribution is 0.414. The smallest absolute Gasteiger partial charge is 0.191 e. The Bertz CT molecular complexity index is 1210. The maximum atomic E-state index is 5.24. The summed E-state index contributed by atoms with van der Waals surface area (Å²) in [7, 11) is 3.64. The molecule has 0 unspecified atom stereocenters. The molecule has 0 aliphatic carbocycles. The molecule has 8 nitrogen and oxygen atoms in total. The van der Waals surface area contributed by atoms with Crippen molar-refractivity contribution >= 4 is 40.8 Å². The number of halogens is 1. The van der Waals surface area contributed by atoms with Crippen molar-refractivity contribution in [3.05, 3.63) is 77.5 Å². The highest BCUT2D eigenvalue weighted by Crippen LogP contribution is 2.17. The molecule has 0 spiro atoms. The fraction of sp³-hybridized carbons (Fsp3) is 0.320. The Kier molecular flexibility index (Phi) is 9.32. The third-order valence-electron chi connectivity index (χ3n) is 5.79. The van der Waals surface area contributed by atoms with Crippen LogP contribution >= 0.6 is 24.0 Å². The van der Waals surface area contributed by atoms with Gasteiger partial charge in [-0.05, 0) is 49.1 Å². The number of aromatic amines is 1. The molecule has 0 bridgehead atoms. The van der Waals surface area contributed by atoms with E-state index in [1.807, 2.05) is 36.7 Å². The van der Waals surface area contributed by atoms with E-state index in [9.17, 15) is 0 Å². The normalized spacial score (nSPS) is 11.3. The Morgan fingerprint density at radius 3 is 2.47 bits per heavy atom. The van der Waals surface area contributed by atoms with Gasteiger partial charge in [-0.3, -0.25) is 0 Å². The van der Waals surface area contributed by atoms with Gasteiger partial charge in [-0.15, -0.1) is 34.2 Å². The number of fused-ring (bicyclic) bond motifs is 1. The second-order valence-corrected chi connectivity index (χ2v) is 7.95. The van der Waals surface area contributed by atoms with E-state index in [1.165, 1.54) is 16.5 Å². The van der Waals surface area contributed by atoms with Crippen LogP contribution < -0.4 is 15.4 Å². The summed E-state index contributed by atoms with van der Waals surface area (Å²) in [6.45, 7) is 3.94. The van der Waals surface area contributed by atoms with Crippen molar-refractivity contribution < 1.29 is 4.74 Å². The number of hydrogen-bond acceptors (Lipinski definition) is 4. The minimum Gasteiger partial charge on any atom is -0.497 e. The molecular weight excluding hydrogens is 541 g/mol. The Labute approximate surface area is 217 Å². The molecule has 2 aromatic heterocycles. The predicted molar refractivity (Wildman–Crippen MR) is 147 cm³/mol. The van der Waals surface area contributed by atoms with Crippen molar-refractivity contribution in [1.82, 2.24) is 30.4 Å². The molecule has 9 heteroatoms. The maximum Gasteiger partial charge on any atom is 0.191 e. The summed E-state index contributed by atoms with van der Waals surface area (Å²) in [4.78, 5) is 8.09. The molecule has 180 valence electrons. The summed E-state index contributed by atoms with van der Waals surface area (Å²) in [6.07, 6.45) is 3.87. The third-order valence-corrected chi connectivity index (χ3v) is 5.79. The molecule has 2 heterocycles. The lowest BCUT2D eigenvalue weighted by Crippen LogP contribution is -2.39. The molecule has 34 heavy (non-hydrogen) atoms. The number of guanidine groups is 1. The molecule has 4 aromatic rings. The van der Waals surface area contributed by atoms with Gasteiger partial charge in [0.2, 0.25) is 0 Å². The first-order chi connectivity index (χ1) is 16.1. The number of nitrogens with one attached hydrogen (secondary N) is 3. The molecule has 0 aliphatic heterocycles. The largest absolute Gasteiger partial charge is 0.497 e. The Hall–Kier alpha value is -3.08. The predicted octanol–water partition coefficient (Wildman–Crippen LogP) is 3.75. The van der Waals surface area contributed by atoms with Crippen molar-refractivity contribution in [2.45, 2.75) is 26.3 Å². The third kappa shape index (κ3) is 6.49. The van der Waals surface area contributed by atoms with Crippen LogP contribution in [-0.2, 0) is 26.4 Å². The van der Waals surface area contributed by atoms with Gasteiger partial charge in [-0.1, -0.05) is 30.3 Å². The average molecular weight is 573 g/mol. The SMILES string of the molecule is COc1ccc(CCNC(=NCc2nnc(C)n2C)NCCc2c[nH]c3ccccc23)cc1.I. The minimum absolute atomic E-state index is 0. The van der Waals surface area contributed by atoms with Crippen LogP contribution in [0.15, 0.2) is 59.7 Å². The Morgan fingerprint density at radius 1 is 1.03 bits per heavy atom. The molecule has 0 saturated carbocycles. The zero-order valence-electron chi connectivity index (χ0n) is 19.8. The van der Waals surface area contributed by atoms with Crippen molar-refractivity contribution in [3.8, 4) is 5.75 Å². The Balaban J connectivity index is 0.00000324. The highest BCUT2D eigenvalue weighted by atomic mass is 127. The van der Waals surface area contributed by atoms with E-state index in [-0.39, 0.29) is 24.0 Å². The van der Waals surface area contributed by atoms with E-state index in [1.54, 1.807) is 7.11 Å². The van der Waals surface area contributed by atoms with Gasteiger partial charge in [-0.2, -0.15) is 0 Å². The quantitative estimate of drug-likeness (QED) is 0.161. The number of aryl methyl sites for hydroxylation is 1. The average Bonchev–Trinajstić information content (AvgIpc) is 3.40. The second kappa shape index (κ2) is 12.4. The first-order valence-electron chi connectivity index (χ1n) is 11.2. The molecule has 2 aromatic carbocycles. The zero-order valence-corrected chi connectivity index (χ0v) is 22.2. The molecule has 0 aliphatic rings. The van der Waals surface area contributed by atoms with Crippen LogP contribution in [0.1, 0.15) is 22.8 Å². The number of aliphatic imine (C=N–C) groups is 1. The second-order valence-electron chi connectivity index (χ2n) is 7.95. The fourth-order valence-corrected chi connectivity index (χ4v) is 3.68. The van der Waals surface area contributed by atoms with Crippen molar-refractivity contribution in [2.24, 2.45) is 12.0 Å². The van der Waals surface area contributed by atoms with E-state index in [0.717, 1.165) is 54.8 Å². The summed E-state index contributed by atoms with van der Waals surface area (Å²) < 4.78 is 7.20. The topological polar surface area (TPSA) is 92.2 Å². The van der Waals surface area contributed by atoms with Gasteiger partial charge >= 0.3 is 0 Å². The van der Waals surface area contributed by atoms with Crippen LogP contribution in [0.5, 0.6) is 5.75 Å². The van der Waals surface area contributed by atoms with Crippen LogP contribution in [0.2, 0.25) is 0 Å². The van der Waals surface area contributed by atoms with Crippen LogP contribution in [0.25, 0.3) is 10.9 Å². The minimum atomic E-state index is 0.